The van der Waals surface area contributed by atoms with Crippen LogP contribution in [0, 0.1) is 46.3 Å². The second kappa shape index (κ2) is 6.86. The Balaban J connectivity index is 1.32. The first-order chi connectivity index (χ1) is 13.3. The van der Waals surface area contributed by atoms with Gasteiger partial charge in [0.05, 0.1) is 12.2 Å². The summed E-state index contributed by atoms with van der Waals surface area (Å²) in [6.07, 6.45) is 18.2. The number of allylic oxidation sites excluding steroid dienone is 1. The van der Waals surface area contributed by atoms with E-state index in [4.69, 9.17) is 4.74 Å². The summed E-state index contributed by atoms with van der Waals surface area (Å²) in [4.78, 5) is 0. The van der Waals surface area contributed by atoms with E-state index in [1.54, 1.807) is 5.57 Å². The Bertz CT molecular complexity index is 634. The molecule has 1 heterocycles. The molecule has 9 atom stereocenters. The van der Waals surface area contributed by atoms with Crippen LogP contribution in [0.25, 0.3) is 0 Å². The highest BCUT2D eigenvalue weighted by Gasteiger charge is 2.61. The van der Waals surface area contributed by atoms with E-state index in [1.807, 2.05) is 0 Å². The first-order valence-electron chi connectivity index (χ1n) is 12.7. The second-order valence-electron chi connectivity index (χ2n) is 12.4. The molecule has 0 bridgehead atoms. The molecule has 1 heteroatoms. The van der Waals surface area contributed by atoms with E-state index in [0.29, 0.717) is 23.0 Å². The van der Waals surface area contributed by atoms with E-state index in [2.05, 4.69) is 40.7 Å². The Morgan fingerprint density at radius 3 is 2.64 bits per heavy atom. The van der Waals surface area contributed by atoms with Crippen molar-refractivity contribution in [3.8, 4) is 0 Å². The highest BCUT2D eigenvalue weighted by atomic mass is 16.6. The largest absolute Gasteiger partial charge is 0.369 e. The molecule has 0 aromatic carbocycles. The molecule has 158 valence electrons. The summed E-state index contributed by atoms with van der Waals surface area (Å²) in [5, 5.41) is 0. The summed E-state index contributed by atoms with van der Waals surface area (Å²) in [5.74, 6) is 5.64. The number of hydrogen-bond acceptors (Lipinski definition) is 1. The molecular formula is C27H44O. The lowest BCUT2D eigenvalue weighted by atomic mass is 9.47. The topological polar surface area (TPSA) is 12.5 Å². The van der Waals surface area contributed by atoms with Crippen LogP contribution in [0.15, 0.2) is 11.6 Å². The minimum Gasteiger partial charge on any atom is -0.369 e. The standard InChI is InChI=1S/C27H44O/c1-17(2)7-6-8-18(3)21-11-12-22-20-10-9-19-15-24-25(28-24)16-27(19,5)23(20)13-14-26(21,22)4/h9,17-18,20-25H,6-8,10-16H2,1-5H3/t18-,20+,21-,22+,23+,24?,25?,26-,27+/m1/s1. The normalized spacial score (nSPS) is 50.3. The monoisotopic (exact) mass is 384 g/mol. The maximum absolute atomic E-state index is 5.98. The highest BCUT2D eigenvalue weighted by Crippen LogP contribution is 2.68. The summed E-state index contributed by atoms with van der Waals surface area (Å²) < 4.78 is 5.98. The van der Waals surface area contributed by atoms with Gasteiger partial charge in [0, 0.05) is 0 Å². The van der Waals surface area contributed by atoms with Crippen molar-refractivity contribution < 1.29 is 4.74 Å². The number of rotatable bonds is 5. The first kappa shape index (κ1) is 19.7. The Morgan fingerprint density at radius 2 is 1.86 bits per heavy atom. The number of fused-ring (bicyclic) bond motifs is 6. The van der Waals surface area contributed by atoms with Crippen LogP contribution in [0.2, 0.25) is 0 Å². The van der Waals surface area contributed by atoms with E-state index >= 15 is 0 Å². The molecule has 28 heavy (non-hydrogen) atoms. The Hall–Kier alpha value is -0.300. The predicted octanol–water partition coefficient (Wildman–Crippen LogP) is 7.41. The van der Waals surface area contributed by atoms with E-state index in [-0.39, 0.29) is 0 Å². The third-order valence-electron chi connectivity index (χ3n) is 10.6. The maximum Gasteiger partial charge on any atom is 0.0879 e. The molecule has 2 unspecified atom stereocenters. The summed E-state index contributed by atoms with van der Waals surface area (Å²) in [7, 11) is 0. The first-order valence-corrected chi connectivity index (χ1v) is 12.7. The van der Waals surface area contributed by atoms with Gasteiger partial charge in [-0.25, -0.2) is 0 Å². The Labute approximate surface area is 174 Å². The minimum atomic E-state index is 0.461. The molecule has 4 aliphatic carbocycles. The molecule has 0 aromatic heterocycles. The third kappa shape index (κ3) is 2.97. The Morgan fingerprint density at radius 1 is 1.04 bits per heavy atom. The van der Waals surface area contributed by atoms with Gasteiger partial charge in [0.25, 0.3) is 0 Å². The summed E-state index contributed by atoms with van der Waals surface area (Å²) in [6.45, 7) is 12.7. The molecule has 0 spiro atoms. The number of epoxide rings is 1. The third-order valence-corrected chi connectivity index (χ3v) is 10.6. The van der Waals surface area contributed by atoms with Gasteiger partial charge >= 0.3 is 0 Å². The highest BCUT2D eigenvalue weighted by molar-refractivity contribution is 5.28. The van der Waals surface area contributed by atoms with Crippen LogP contribution in [0.5, 0.6) is 0 Å². The summed E-state index contributed by atoms with van der Waals surface area (Å²) >= 11 is 0. The lowest BCUT2D eigenvalue weighted by molar-refractivity contribution is -0.0489. The number of ether oxygens (including phenoxy) is 1. The van der Waals surface area contributed by atoms with Crippen molar-refractivity contribution in [3.63, 3.8) is 0 Å². The quantitative estimate of drug-likeness (QED) is 0.355. The molecule has 0 aromatic rings. The predicted molar refractivity (Wildman–Crippen MR) is 117 cm³/mol. The smallest absolute Gasteiger partial charge is 0.0879 e. The van der Waals surface area contributed by atoms with Gasteiger partial charge in [-0.2, -0.15) is 0 Å². The van der Waals surface area contributed by atoms with Gasteiger partial charge in [-0.3, -0.25) is 0 Å². The average Bonchev–Trinajstić information content (AvgIpc) is 3.27. The van der Waals surface area contributed by atoms with Crippen molar-refractivity contribution in [2.24, 2.45) is 46.3 Å². The van der Waals surface area contributed by atoms with Crippen LogP contribution in [0.4, 0.5) is 0 Å². The van der Waals surface area contributed by atoms with E-state index in [9.17, 15) is 0 Å². The fourth-order valence-corrected chi connectivity index (χ4v) is 8.95. The van der Waals surface area contributed by atoms with E-state index < -0.39 is 0 Å². The molecule has 4 fully saturated rings. The number of hydrogen-bond donors (Lipinski definition) is 0. The fraction of sp³-hybridized carbons (Fsp3) is 0.926. The van der Waals surface area contributed by atoms with Gasteiger partial charge in [-0.05, 0) is 91.3 Å². The lowest BCUT2D eigenvalue weighted by Crippen LogP contribution is -2.50. The van der Waals surface area contributed by atoms with E-state index in [1.165, 1.54) is 64.2 Å². The van der Waals surface area contributed by atoms with Gasteiger partial charge in [-0.1, -0.05) is 65.5 Å². The van der Waals surface area contributed by atoms with Crippen LogP contribution in [-0.2, 0) is 4.74 Å². The van der Waals surface area contributed by atoms with Crippen molar-refractivity contribution >= 4 is 0 Å². The van der Waals surface area contributed by atoms with Crippen molar-refractivity contribution in [3.05, 3.63) is 11.6 Å². The van der Waals surface area contributed by atoms with Crippen molar-refractivity contribution in [1.29, 1.82) is 0 Å². The van der Waals surface area contributed by atoms with E-state index in [0.717, 1.165) is 35.5 Å². The zero-order valence-corrected chi connectivity index (χ0v) is 19.2. The lowest BCUT2D eigenvalue weighted by Gasteiger charge is -2.57. The molecule has 0 N–H and O–H groups in total. The molecule has 5 aliphatic rings. The molecule has 1 aliphatic heterocycles. The van der Waals surface area contributed by atoms with Crippen LogP contribution < -0.4 is 0 Å². The molecule has 5 rings (SSSR count). The SMILES string of the molecule is CC(C)CCC[C@@H](C)[C@H]1CC[C@H]2[C@@H]3CC=C4CC5OC5C[C@]4(C)[C@H]3CC[C@]12C. The second-order valence-corrected chi connectivity index (χ2v) is 12.4. The molecule has 0 radical (unpaired) electrons. The maximum atomic E-state index is 5.98. The molecule has 1 saturated heterocycles. The van der Waals surface area contributed by atoms with Gasteiger partial charge in [0.2, 0.25) is 0 Å². The van der Waals surface area contributed by atoms with Gasteiger partial charge < -0.3 is 4.74 Å². The molecular weight excluding hydrogens is 340 g/mol. The zero-order valence-electron chi connectivity index (χ0n) is 19.2. The van der Waals surface area contributed by atoms with Crippen LogP contribution >= 0.6 is 0 Å². The van der Waals surface area contributed by atoms with Crippen LogP contribution in [0.3, 0.4) is 0 Å². The van der Waals surface area contributed by atoms with Gasteiger partial charge in [0.1, 0.15) is 0 Å². The van der Waals surface area contributed by atoms with Crippen molar-refractivity contribution in [2.75, 3.05) is 0 Å². The molecule has 3 saturated carbocycles. The minimum absolute atomic E-state index is 0.461. The zero-order chi connectivity index (χ0) is 19.7. The van der Waals surface area contributed by atoms with Crippen molar-refractivity contribution in [1.82, 2.24) is 0 Å². The van der Waals surface area contributed by atoms with Crippen LogP contribution in [-0.4, -0.2) is 12.2 Å². The molecule has 1 nitrogen and oxygen atoms in total. The summed E-state index contributed by atoms with van der Waals surface area (Å²) in [5.41, 5.74) is 2.86. The van der Waals surface area contributed by atoms with Gasteiger partial charge in [-0.15, -0.1) is 0 Å². The van der Waals surface area contributed by atoms with Crippen LogP contribution in [0.1, 0.15) is 98.8 Å². The van der Waals surface area contributed by atoms with Crippen molar-refractivity contribution in [2.45, 2.75) is 111 Å². The fourth-order valence-electron chi connectivity index (χ4n) is 8.95. The molecule has 0 amide bonds. The Kier molecular flexibility index (Phi) is 4.81. The summed E-state index contributed by atoms with van der Waals surface area (Å²) in [6, 6.07) is 0. The average molecular weight is 385 g/mol. The van der Waals surface area contributed by atoms with Gasteiger partial charge in [0.15, 0.2) is 0 Å².